The number of esters is 1. The Balaban J connectivity index is 1.73. The lowest BCUT2D eigenvalue weighted by Crippen LogP contribution is -2.60. The molecular formula is C47H64N6O11. The average molecular weight is 889 g/mol. The zero-order valence-electron chi connectivity index (χ0n) is 37.4. The summed E-state index contributed by atoms with van der Waals surface area (Å²) in [5.41, 5.74) is 15.1. The van der Waals surface area contributed by atoms with Crippen LogP contribution >= 0.6 is 0 Å². The highest BCUT2D eigenvalue weighted by Crippen LogP contribution is 2.20. The van der Waals surface area contributed by atoms with E-state index in [1.807, 2.05) is 60.7 Å². The Hall–Kier alpha value is -6.01. The quantitative estimate of drug-likeness (QED) is 0.0607. The van der Waals surface area contributed by atoms with E-state index in [0.29, 0.717) is 23.3 Å². The molecule has 0 aliphatic heterocycles. The average Bonchev–Trinajstić information content (AvgIpc) is 3.30. The summed E-state index contributed by atoms with van der Waals surface area (Å²) in [5, 5.41) is 15.4. The number of amides is 6. The molecule has 3 rings (SSSR count). The van der Waals surface area contributed by atoms with E-state index in [1.165, 1.54) is 13.8 Å². The van der Waals surface area contributed by atoms with Crippen LogP contribution in [0.2, 0.25) is 0 Å². The first-order valence-corrected chi connectivity index (χ1v) is 21.4. The molecule has 0 aliphatic carbocycles. The van der Waals surface area contributed by atoms with Crippen molar-refractivity contribution in [2.45, 2.75) is 103 Å². The first-order valence-electron chi connectivity index (χ1n) is 21.4. The normalized spacial score (nSPS) is 13.9. The molecule has 348 valence electrons. The second-order valence-electron chi connectivity index (χ2n) is 15.8. The Morgan fingerprint density at radius 3 is 1.81 bits per heavy atom. The molecule has 7 N–H and O–H groups in total. The van der Waals surface area contributed by atoms with Gasteiger partial charge in [-0.1, -0.05) is 111 Å². The van der Waals surface area contributed by atoms with E-state index in [-0.39, 0.29) is 26.2 Å². The van der Waals surface area contributed by atoms with Gasteiger partial charge >= 0.3 is 12.1 Å². The fourth-order valence-corrected chi connectivity index (χ4v) is 6.70. The van der Waals surface area contributed by atoms with Crippen LogP contribution in [0.3, 0.4) is 0 Å². The molecule has 0 heterocycles. The van der Waals surface area contributed by atoms with Crippen molar-refractivity contribution < 1.29 is 52.9 Å². The fourth-order valence-electron chi connectivity index (χ4n) is 6.70. The topological polar surface area (TPSA) is 250 Å². The lowest BCUT2D eigenvalue weighted by atomic mass is 9.95. The maximum atomic E-state index is 14.1. The van der Waals surface area contributed by atoms with Gasteiger partial charge in [-0.3, -0.25) is 28.9 Å². The summed E-state index contributed by atoms with van der Waals surface area (Å²) < 4.78 is 16.0. The third-order valence-electron chi connectivity index (χ3n) is 10.5. The van der Waals surface area contributed by atoms with E-state index in [2.05, 4.69) is 10.6 Å². The van der Waals surface area contributed by atoms with Crippen molar-refractivity contribution in [3.63, 3.8) is 0 Å². The van der Waals surface area contributed by atoms with E-state index < -0.39 is 96.8 Å². The SMILES string of the molecule is COC(=O)C(C(C)C)N(C(=O)CCCCCc1ccccc1)C(=O)C(N)C(CO)CNC(=O)[C@H](C)N(C(=O)OCc1ccccc1)C(=O)[C@H](C)NC(=O)[C@@H](N)COCc1ccccc1. The minimum atomic E-state index is -1.60. The van der Waals surface area contributed by atoms with Crippen molar-refractivity contribution in [1.82, 2.24) is 20.4 Å². The Labute approximate surface area is 375 Å². The Morgan fingerprint density at radius 1 is 0.703 bits per heavy atom. The molecule has 0 saturated heterocycles. The van der Waals surface area contributed by atoms with Gasteiger partial charge in [-0.15, -0.1) is 0 Å². The van der Waals surface area contributed by atoms with E-state index >= 15 is 0 Å². The maximum absolute atomic E-state index is 14.1. The molecule has 17 nitrogen and oxygen atoms in total. The van der Waals surface area contributed by atoms with E-state index in [0.717, 1.165) is 36.0 Å². The molecule has 0 saturated carbocycles. The number of methoxy groups -OCH3 is 1. The molecule has 0 aliphatic rings. The number of nitrogens with one attached hydrogen (secondary N) is 2. The van der Waals surface area contributed by atoms with Crippen LogP contribution in [0.15, 0.2) is 91.0 Å². The smallest absolute Gasteiger partial charge is 0.417 e. The number of hydrogen-bond donors (Lipinski definition) is 5. The number of nitrogens with zero attached hydrogens (tertiary/aromatic N) is 2. The predicted octanol–water partition coefficient (Wildman–Crippen LogP) is 3.00. The molecule has 0 aromatic heterocycles. The number of aliphatic hydroxyl groups is 1. The van der Waals surface area contributed by atoms with Gasteiger partial charge in [0.2, 0.25) is 23.6 Å². The summed E-state index contributed by atoms with van der Waals surface area (Å²) in [4.78, 5) is 96.4. The van der Waals surface area contributed by atoms with E-state index in [9.17, 15) is 38.7 Å². The van der Waals surface area contributed by atoms with Gasteiger partial charge in [-0.2, -0.15) is 0 Å². The van der Waals surface area contributed by atoms with Gasteiger partial charge < -0.3 is 41.4 Å². The van der Waals surface area contributed by atoms with Crippen LogP contribution < -0.4 is 22.1 Å². The summed E-state index contributed by atoms with van der Waals surface area (Å²) in [6, 6.07) is 20.6. The molecule has 3 unspecified atom stereocenters. The number of carbonyl (C=O) groups excluding carboxylic acids is 7. The summed E-state index contributed by atoms with van der Waals surface area (Å²) in [6.07, 6.45) is 1.43. The molecule has 0 radical (unpaired) electrons. The van der Waals surface area contributed by atoms with Crippen LogP contribution in [-0.4, -0.2) is 114 Å². The van der Waals surface area contributed by atoms with Crippen LogP contribution in [0.4, 0.5) is 4.79 Å². The van der Waals surface area contributed by atoms with Crippen molar-refractivity contribution in [2.24, 2.45) is 23.3 Å². The van der Waals surface area contributed by atoms with E-state index in [1.54, 1.807) is 44.2 Å². The number of hydrogen-bond acceptors (Lipinski definition) is 13. The lowest BCUT2D eigenvalue weighted by molar-refractivity contribution is -0.163. The number of aliphatic hydroxyl groups excluding tert-OH is 1. The van der Waals surface area contributed by atoms with Crippen molar-refractivity contribution in [3.05, 3.63) is 108 Å². The van der Waals surface area contributed by atoms with Crippen LogP contribution in [0.25, 0.3) is 0 Å². The van der Waals surface area contributed by atoms with Gasteiger partial charge in [-0.05, 0) is 55.7 Å². The third kappa shape index (κ3) is 16.3. The summed E-state index contributed by atoms with van der Waals surface area (Å²) >= 11 is 0. The summed E-state index contributed by atoms with van der Waals surface area (Å²) in [5.74, 6) is -6.88. The Bertz CT molecular complexity index is 1950. The number of rotatable bonds is 25. The van der Waals surface area contributed by atoms with Gasteiger partial charge in [0.15, 0.2) is 0 Å². The molecule has 0 fully saturated rings. The van der Waals surface area contributed by atoms with Gasteiger partial charge in [0, 0.05) is 25.5 Å². The number of carbonyl (C=O) groups is 7. The number of benzene rings is 3. The van der Waals surface area contributed by atoms with Gasteiger partial charge in [0.1, 0.15) is 30.8 Å². The van der Waals surface area contributed by atoms with Crippen molar-refractivity contribution in [2.75, 3.05) is 26.9 Å². The molecule has 6 amide bonds. The third-order valence-corrected chi connectivity index (χ3v) is 10.5. The molecule has 17 heteroatoms. The molecule has 3 aromatic carbocycles. The first kappa shape index (κ1) is 52.3. The number of unbranched alkanes of at least 4 members (excludes halogenated alkanes) is 2. The van der Waals surface area contributed by atoms with Crippen LogP contribution in [-0.2, 0) is 62.6 Å². The maximum Gasteiger partial charge on any atom is 0.417 e. The zero-order chi connectivity index (χ0) is 47.2. The van der Waals surface area contributed by atoms with Crippen LogP contribution in [0, 0.1) is 11.8 Å². The number of aryl methyl sites for hydroxylation is 1. The molecule has 6 atom stereocenters. The number of imide groups is 2. The highest BCUT2D eigenvalue weighted by Gasteiger charge is 2.42. The Morgan fingerprint density at radius 2 is 1.27 bits per heavy atom. The first-order chi connectivity index (χ1) is 30.6. The van der Waals surface area contributed by atoms with E-state index in [4.69, 9.17) is 25.7 Å². The Kier molecular flexibility index (Phi) is 22.3. The number of nitrogens with two attached hydrogens (primary N) is 2. The van der Waals surface area contributed by atoms with Crippen LogP contribution in [0.1, 0.15) is 70.1 Å². The summed E-state index contributed by atoms with van der Waals surface area (Å²) in [6.45, 7) is 4.41. The second-order valence-corrected chi connectivity index (χ2v) is 15.8. The van der Waals surface area contributed by atoms with Crippen molar-refractivity contribution in [3.8, 4) is 0 Å². The standard InChI is InChI=1S/C47H64N6O11/c1-31(2)41(46(60)62-5)53(39(55)25-17-9-12-20-34-18-10-6-11-19-34)45(59)40(49)37(27-54)26-50-42(56)33(4)52(47(61)64-29-36-23-15-8-16-24-36)44(58)32(3)51-43(57)38(48)30-63-28-35-21-13-7-14-22-35/h6-8,10-11,13-16,18-19,21-24,31-33,37-38,40-41,54H,9,12,17,20,25-30,48-49H2,1-5H3,(H,50,56)(H,51,57)/t32-,33-,37?,38-,40?,41?/m0/s1. The largest absolute Gasteiger partial charge is 0.467 e. The minimum absolute atomic E-state index is 0.0669. The molecule has 0 bridgehead atoms. The van der Waals surface area contributed by atoms with Gasteiger partial charge in [-0.25, -0.2) is 14.5 Å². The molecular weight excluding hydrogens is 825 g/mol. The highest BCUT2D eigenvalue weighted by molar-refractivity contribution is 6.02. The van der Waals surface area contributed by atoms with Crippen LogP contribution in [0.5, 0.6) is 0 Å². The predicted molar refractivity (Wildman–Crippen MR) is 237 cm³/mol. The minimum Gasteiger partial charge on any atom is -0.467 e. The lowest BCUT2D eigenvalue weighted by Gasteiger charge is -2.34. The molecule has 3 aromatic rings. The number of ether oxygens (including phenoxy) is 3. The zero-order valence-corrected chi connectivity index (χ0v) is 37.4. The molecule has 0 spiro atoms. The molecule has 64 heavy (non-hydrogen) atoms. The van der Waals surface area contributed by atoms with Gasteiger partial charge in [0.05, 0.1) is 26.4 Å². The highest BCUT2D eigenvalue weighted by atomic mass is 16.6. The monoisotopic (exact) mass is 888 g/mol. The van der Waals surface area contributed by atoms with Crippen molar-refractivity contribution in [1.29, 1.82) is 0 Å². The van der Waals surface area contributed by atoms with Crippen molar-refractivity contribution >= 4 is 41.6 Å². The fraction of sp³-hybridized carbons (Fsp3) is 0.468. The second kappa shape index (κ2) is 27.2. The van der Waals surface area contributed by atoms with Gasteiger partial charge in [0.25, 0.3) is 5.91 Å². The summed E-state index contributed by atoms with van der Waals surface area (Å²) in [7, 11) is 1.14.